The summed E-state index contributed by atoms with van der Waals surface area (Å²) in [5.74, 6) is -0.662. The normalized spacial score (nSPS) is 15.3. The number of anilines is 1. The van der Waals surface area contributed by atoms with E-state index in [4.69, 9.17) is 0 Å². The number of benzene rings is 3. The highest BCUT2D eigenvalue weighted by Gasteiger charge is 2.30. The minimum absolute atomic E-state index is 0.0270. The van der Waals surface area contributed by atoms with Crippen molar-refractivity contribution >= 4 is 54.3 Å². The molecule has 0 bridgehead atoms. The Hall–Kier alpha value is -3.38. The van der Waals surface area contributed by atoms with E-state index in [0.29, 0.717) is 11.8 Å². The lowest BCUT2D eigenvalue weighted by Gasteiger charge is -2.17. The molecule has 3 N–H and O–H groups in total. The van der Waals surface area contributed by atoms with Crippen LogP contribution in [0.4, 0.5) is 5.69 Å². The van der Waals surface area contributed by atoms with Gasteiger partial charge in [-0.05, 0) is 35.2 Å². The molecule has 1 aliphatic rings. The van der Waals surface area contributed by atoms with Gasteiger partial charge in [0, 0.05) is 10.9 Å². The predicted molar refractivity (Wildman–Crippen MR) is 114 cm³/mol. The van der Waals surface area contributed by atoms with Crippen LogP contribution in [0.1, 0.15) is 11.1 Å². The van der Waals surface area contributed by atoms with Crippen LogP contribution >= 0.6 is 0 Å². The summed E-state index contributed by atoms with van der Waals surface area (Å²) in [5.41, 5.74) is 2.62. The van der Waals surface area contributed by atoms with Crippen LogP contribution in [0.3, 0.4) is 0 Å². The number of nitrogens with zero attached hydrogens (tertiary/aromatic N) is 1. The molecule has 0 heterocycles. The first-order valence-corrected chi connectivity index (χ1v) is 11.6. The number of nitrogens with one attached hydrogen (secondary N) is 1. The van der Waals surface area contributed by atoms with Crippen LogP contribution in [0.2, 0.25) is 0 Å². The Morgan fingerprint density at radius 2 is 1.55 bits per heavy atom. The number of hydrogen-bond donors (Lipinski definition) is 3. The fourth-order valence-electron chi connectivity index (χ4n) is 3.27. The summed E-state index contributed by atoms with van der Waals surface area (Å²) in [6, 6.07) is 14.3. The van der Waals surface area contributed by atoms with E-state index in [9.17, 15) is 30.7 Å². The number of carbonyl (C=O) groups is 1. The monoisotopic (exact) mass is 458 g/mol. The summed E-state index contributed by atoms with van der Waals surface area (Å²) < 4.78 is 65.9. The van der Waals surface area contributed by atoms with Crippen molar-refractivity contribution in [2.24, 2.45) is 5.10 Å². The van der Waals surface area contributed by atoms with Crippen LogP contribution in [0.15, 0.2) is 75.6 Å². The third-order valence-electron chi connectivity index (χ3n) is 4.64. The molecule has 0 atom stereocenters. The number of fused-ring (bicyclic) bond motifs is 2. The Balaban J connectivity index is 1.92. The Morgan fingerprint density at radius 3 is 2.26 bits per heavy atom. The van der Waals surface area contributed by atoms with Crippen molar-refractivity contribution < 1.29 is 30.7 Å². The van der Waals surface area contributed by atoms with Gasteiger partial charge in [0.2, 0.25) is 5.78 Å². The summed E-state index contributed by atoms with van der Waals surface area (Å²) >= 11 is 0. The molecule has 0 fully saturated rings. The molecule has 0 unspecified atom stereocenters. The molecule has 0 radical (unpaired) electrons. The van der Waals surface area contributed by atoms with Gasteiger partial charge in [-0.3, -0.25) is 19.3 Å². The van der Waals surface area contributed by atoms with Crippen LogP contribution < -0.4 is 5.43 Å². The predicted octanol–water partition coefficient (Wildman–Crippen LogP) is 2.75. The van der Waals surface area contributed by atoms with Gasteiger partial charge >= 0.3 is 0 Å². The zero-order valence-electron chi connectivity index (χ0n) is 15.6. The third-order valence-corrected chi connectivity index (χ3v) is 6.35. The van der Waals surface area contributed by atoms with E-state index in [2.05, 4.69) is 10.5 Å². The molecule has 31 heavy (non-hydrogen) atoms. The SMILES string of the molecule is O=C1C=Cc2cc(S(=O)(=O)O)cc(S(=O)(=O)O)c2/C1=N/Nc1cccc2ccccc12. The average molecular weight is 458 g/mol. The maximum absolute atomic E-state index is 12.5. The Labute approximate surface area is 177 Å². The highest BCUT2D eigenvalue weighted by atomic mass is 32.2. The van der Waals surface area contributed by atoms with Crippen LogP contribution in [-0.2, 0) is 25.0 Å². The van der Waals surface area contributed by atoms with E-state index < -0.39 is 35.8 Å². The number of hydrazone groups is 1. The molecule has 0 amide bonds. The van der Waals surface area contributed by atoms with Crippen LogP contribution in [0, 0.1) is 0 Å². The summed E-state index contributed by atoms with van der Waals surface area (Å²) in [5, 5.41) is 5.77. The van der Waals surface area contributed by atoms with Gasteiger partial charge in [-0.25, -0.2) is 0 Å². The second kappa shape index (κ2) is 7.39. The topological polar surface area (TPSA) is 150 Å². The Kier molecular flexibility index (Phi) is 4.98. The van der Waals surface area contributed by atoms with Gasteiger partial charge in [0.1, 0.15) is 10.6 Å². The average Bonchev–Trinajstić information content (AvgIpc) is 2.71. The summed E-state index contributed by atoms with van der Waals surface area (Å²) in [6.45, 7) is 0. The molecule has 0 aromatic heterocycles. The minimum atomic E-state index is -4.97. The van der Waals surface area contributed by atoms with Crippen molar-refractivity contribution in [1.29, 1.82) is 0 Å². The number of carbonyl (C=O) groups excluding carboxylic acids is 1. The lowest BCUT2D eigenvalue weighted by Crippen LogP contribution is -2.23. The quantitative estimate of drug-likeness (QED) is 0.399. The van der Waals surface area contributed by atoms with E-state index >= 15 is 0 Å². The third kappa shape index (κ3) is 3.99. The smallest absolute Gasteiger partial charge is 0.287 e. The highest BCUT2D eigenvalue weighted by molar-refractivity contribution is 7.86. The molecule has 158 valence electrons. The second-order valence-electron chi connectivity index (χ2n) is 6.63. The summed E-state index contributed by atoms with van der Waals surface area (Å²) in [4.78, 5) is 10.9. The zero-order chi connectivity index (χ0) is 22.4. The Bertz CT molecular complexity index is 1520. The first-order valence-electron chi connectivity index (χ1n) is 8.73. The molecular formula is C20H14N2O7S2. The lowest BCUT2D eigenvalue weighted by molar-refractivity contribution is -0.108. The van der Waals surface area contributed by atoms with Gasteiger partial charge in [-0.2, -0.15) is 21.9 Å². The molecule has 11 heteroatoms. The molecule has 1 aliphatic carbocycles. The lowest BCUT2D eigenvalue weighted by atomic mass is 9.94. The summed E-state index contributed by atoms with van der Waals surface area (Å²) in [7, 11) is -9.75. The number of ketones is 1. The maximum atomic E-state index is 12.5. The Morgan fingerprint density at radius 1 is 0.839 bits per heavy atom. The maximum Gasteiger partial charge on any atom is 0.295 e. The molecule has 0 saturated carbocycles. The molecule has 3 aromatic carbocycles. The van der Waals surface area contributed by atoms with Crippen molar-refractivity contribution in [3.63, 3.8) is 0 Å². The van der Waals surface area contributed by atoms with Crippen molar-refractivity contribution in [3.05, 3.63) is 71.8 Å². The number of rotatable bonds is 4. The molecular weight excluding hydrogens is 444 g/mol. The van der Waals surface area contributed by atoms with Crippen LogP contribution in [-0.4, -0.2) is 37.4 Å². The standard InChI is InChI=1S/C20H14N2O7S2/c23-17-9-8-13-10-14(30(24,25)26)11-18(31(27,28)29)19(13)20(17)22-21-16-7-3-5-12-4-1-2-6-15(12)16/h1-11,21H,(H,24,25,26)(H,27,28,29)/b22-20+. The van der Waals surface area contributed by atoms with Crippen molar-refractivity contribution in [2.75, 3.05) is 5.43 Å². The van der Waals surface area contributed by atoms with Gasteiger partial charge in [0.25, 0.3) is 20.2 Å². The fraction of sp³-hybridized carbons (Fsp3) is 0. The fourth-order valence-corrected chi connectivity index (χ4v) is 4.63. The first kappa shape index (κ1) is 20.9. The van der Waals surface area contributed by atoms with E-state index in [-0.39, 0.29) is 16.8 Å². The molecule has 0 aliphatic heterocycles. The van der Waals surface area contributed by atoms with E-state index in [1.54, 1.807) is 12.1 Å². The van der Waals surface area contributed by atoms with Gasteiger partial charge in [0.15, 0.2) is 0 Å². The van der Waals surface area contributed by atoms with Gasteiger partial charge in [-0.15, -0.1) is 0 Å². The molecule has 4 rings (SSSR count). The molecule has 0 saturated heterocycles. The first-order chi connectivity index (χ1) is 14.6. The molecule has 0 spiro atoms. The van der Waals surface area contributed by atoms with E-state index in [0.717, 1.165) is 22.9 Å². The minimum Gasteiger partial charge on any atom is -0.287 e. The second-order valence-corrected chi connectivity index (χ2v) is 9.44. The molecule has 9 nitrogen and oxygen atoms in total. The van der Waals surface area contributed by atoms with E-state index in [1.165, 1.54) is 6.08 Å². The van der Waals surface area contributed by atoms with Gasteiger partial charge in [0.05, 0.1) is 10.6 Å². The van der Waals surface area contributed by atoms with E-state index in [1.807, 2.05) is 30.3 Å². The highest BCUT2D eigenvalue weighted by Crippen LogP contribution is 2.30. The van der Waals surface area contributed by atoms with Crippen LogP contribution in [0.5, 0.6) is 0 Å². The zero-order valence-corrected chi connectivity index (χ0v) is 17.2. The van der Waals surface area contributed by atoms with Crippen LogP contribution in [0.25, 0.3) is 16.8 Å². The number of hydrogen-bond acceptors (Lipinski definition) is 7. The van der Waals surface area contributed by atoms with Crippen molar-refractivity contribution in [1.82, 2.24) is 0 Å². The summed E-state index contributed by atoms with van der Waals surface area (Å²) in [6.07, 6.45) is 2.26. The number of allylic oxidation sites excluding steroid dienone is 1. The van der Waals surface area contributed by atoms with Crippen molar-refractivity contribution in [3.8, 4) is 0 Å². The largest absolute Gasteiger partial charge is 0.295 e. The van der Waals surface area contributed by atoms with Gasteiger partial charge < -0.3 is 0 Å². The van der Waals surface area contributed by atoms with Crippen molar-refractivity contribution in [2.45, 2.75) is 9.79 Å². The van der Waals surface area contributed by atoms with Gasteiger partial charge in [-0.1, -0.05) is 42.5 Å². The molecule has 3 aromatic rings.